The van der Waals surface area contributed by atoms with E-state index in [4.69, 9.17) is 23.2 Å². The van der Waals surface area contributed by atoms with Gasteiger partial charge < -0.3 is 9.80 Å². The highest BCUT2D eigenvalue weighted by atomic mass is 35.5. The molecule has 5 rings (SSSR count). The van der Waals surface area contributed by atoms with Crippen molar-refractivity contribution in [2.45, 2.75) is 38.0 Å². The number of Topliss-reactive ketones (excluding diaryl/α,β-unsaturated/α-hetero) is 1. The van der Waals surface area contributed by atoms with Gasteiger partial charge in [0.1, 0.15) is 0 Å². The Bertz CT molecular complexity index is 1690. The Hall–Kier alpha value is -3.69. The molecule has 5 nitrogen and oxygen atoms in total. The molecule has 1 amide bonds. The maximum Gasteiger partial charge on any atom is 0.254 e. The standard InChI is InChI=1S/C36H35Cl2N3O2/c1-24(42)30-8-5-6-9-31(30)26-13-16-41(17-14-26)18-15-29(27-11-12-34(37)35(38)21-27)23-40(2)36(43)33-20-25(22-39)19-28-7-3-4-10-32(28)33/h3-12,19-21,26,29H,13-18,23H2,1-2H3/t29-/m1/s1. The van der Waals surface area contributed by atoms with E-state index in [9.17, 15) is 14.9 Å². The molecule has 4 aromatic rings. The highest BCUT2D eigenvalue weighted by Crippen LogP contribution is 2.33. The van der Waals surface area contributed by atoms with E-state index < -0.39 is 0 Å². The first kappa shape index (κ1) is 30.8. The number of benzene rings is 4. The molecular formula is C36H35Cl2N3O2. The monoisotopic (exact) mass is 611 g/mol. The number of rotatable bonds is 9. The fourth-order valence-electron chi connectivity index (χ4n) is 6.28. The van der Waals surface area contributed by atoms with Gasteiger partial charge in [0.15, 0.2) is 5.78 Å². The highest BCUT2D eigenvalue weighted by molar-refractivity contribution is 6.42. The molecule has 0 unspecified atom stereocenters. The van der Waals surface area contributed by atoms with Gasteiger partial charge in [-0.3, -0.25) is 9.59 Å². The van der Waals surface area contributed by atoms with Crippen molar-refractivity contribution < 1.29 is 9.59 Å². The van der Waals surface area contributed by atoms with Gasteiger partial charge in [-0.1, -0.05) is 77.8 Å². The molecule has 0 aliphatic carbocycles. The van der Waals surface area contributed by atoms with Crippen LogP contribution in [-0.4, -0.2) is 54.7 Å². The number of likely N-dealkylation sites (N-methyl/N-ethyl adjacent to an activating group) is 1. The third-order valence-corrected chi connectivity index (χ3v) is 9.38. The minimum atomic E-state index is -0.122. The van der Waals surface area contributed by atoms with Crippen LogP contribution in [-0.2, 0) is 0 Å². The summed E-state index contributed by atoms with van der Waals surface area (Å²) < 4.78 is 0. The Kier molecular flexibility index (Phi) is 9.82. The molecule has 1 aliphatic heterocycles. The second-order valence-electron chi connectivity index (χ2n) is 11.5. The zero-order valence-electron chi connectivity index (χ0n) is 24.5. The number of nitrogens with zero attached hydrogens (tertiary/aromatic N) is 3. The van der Waals surface area contributed by atoms with Gasteiger partial charge in [-0.2, -0.15) is 5.26 Å². The van der Waals surface area contributed by atoms with Gasteiger partial charge in [0.25, 0.3) is 5.91 Å². The van der Waals surface area contributed by atoms with Gasteiger partial charge in [-0.05, 0) is 97.9 Å². The summed E-state index contributed by atoms with van der Waals surface area (Å²) in [5.74, 6) is 0.409. The summed E-state index contributed by atoms with van der Waals surface area (Å²) in [5, 5.41) is 12.3. The normalized spacial score (nSPS) is 14.8. The quantitative estimate of drug-likeness (QED) is 0.178. The van der Waals surface area contributed by atoms with Crippen LogP contribution < -0.4 is 0 Å². The lowest BCUT2D eigenvalue weighted by atomic mass is 9.85. The zero-order valence-corrected chi connectivity index (χ0v) is 26.0. The molecule has 1 heterocycles. The molecule has 7 heteroatoms. The summed E-state index contributed by atoms with van der Waals surface area (Å²) in [6.45, 7) is 4.91. The molecular weight excluding hydrogens is 577 g/mol. The van der Waals surface area contributed by atoms with E-state index >= 15 is 0 Å². The summed E-state index contributed by atoms with van der Waals surface area (Å²) >= 11 is 12.7. The maximum atomic E-state index is 13.8. The van der Waals surface area contributed by atoms with Crippen LogP contribution in [0, 0.1) is 11.3 Å². The first-order valence-electron chi connectivity index (χ1n) is 14.7. The largest absolute Gasteiger partial charge is 0.341 e. The van der Waals surface area contributed by atoms with Crippen LogP contribution in [0.5, 0.6) is 0 Å². The number of nitriles is 1. The number of fused-ring (bicyclic) bond motifs is 1. The minimum Gasteiger partial charge on any atom is -0.341 e. The second kappa shape index (κ2) is 13.7. The van der Waals surface area contributed by atoms with Crippen LogP contribution in [0.25, 0.3) is 10.8 Å². The van der Waals surface area contributed by atoms with Crippen molar-refractivity contribution in [2.75, 3.05) is 33.2 Å². The predicted molar refractivity (Wildman–Crippen MR) is 174 cm³/mol. The van der Waals surface area contributed by atoms with Gasteiger partial charge >= 0.3 is 0 Å². The second-order valence-corrected chi connectivity index (χ2v) is 12.3. The Morgan fingerprint density at radius 1 is 0.953 bits per heavy atom. The number of piperidine rings is 1. The molecule has 4 aromatic carbocycles. The number of halogens is 2. The van der Waals surface area contributed by atoms with Gasteiger partial charge in [-0.15, -0.1) is 0 Å². The summed E-state index contributed by atoms with van der Waals surface area (Å²) in [6.07, 6.45) is 2.84. The van der Waals surface area contributed by atoms with Crippen LogP contribution in [0.15, 0.2) is 78.9 Å². The minimum absolute atomic E-state index is 0.0327. The van der Waals surface area contributed by atoms with Gasteiger partial charge in [0.2, 0.25) is 0 Å². The molecule has 0 aromatic heterocycles. The van der Waals surface area contributed by atoms with E-state index in [0.717, 1.165) is 66.4 Å². The molecule has 0 bridgehead atoms. The molecule has 0 N–H and O–H groups in total. The number of hydrogen-bond donors (Lipinski definition) is 0. The van der Waals surface area contributed by atoms with Crippen molar-refractivity contribution >= 4 is 45.7 Å². The van der Waals surface area contributed by atoms with Crippen molar-refractivity contribution in [3.63, 3.8) is 0 Å². The average Bonchev–Trinajstić information content (AvgIpc) is 3.03. The fraction of sp³-hybridized carbons (Fsp3) is 0.306. The summed E-state index contributed by atoms with van der Waals surface area (Å²) in [7, 11) is 1.82. The molecule has 0 spiro atoms. The lowest BCUT2D eigenvalue weighted by Gasteiger charge is -2.34. The maximum absolute atomic E-state index is 13.8. The first-order valence-corrected chi connectivity index (χ1v) is 15.5. The van der Waals surface area contributed by atoms with Crippen LogP contribution in [0.4, 0.5) is 0 Å². The fourth-order valence-corrected chi connectivity index (χ4v) is 6.59. The first-order chi connectivity index (χ1) is 20.7. The summed E-state index contributed by atoms with van der Waals surface area (Å²) in [5.41, 5.74) is 4.02. The molecule has 0 radical (unpaired) electrons. The van der Waals surface area contributed by atoms with Gasteiger partial charge in [-0.25, -0.2) is 0 Å². The third-order valence-electron chi connectivity index (χ3n) is 8.64. The number of amides is 1. The van der Waals surface area contributed by atoms with Crippen molar-refractivity contribution in [3.8, 4) is 6.07 Å². The van der Waals surface area contributed by atoms with E-state index in [2.05, 4.69) is 17.0 Å². The van der Waals surface area contributed by atoms with E-state index in [1.54, 1.807) is 17.9 Å². The SMILES string of the molecule is CC(=O)c1ccccc1C1CCN(CC[C@H](CN(C)C(=O)c2cc(C#N)cc3ccccc23)c2ccc(Cl)c(Cl)c2)CC1. The van der Waals surface area contributed by atoms with E-state index in [-0.39, 0.29) is 17.6 Å². The number of likely N-dealkylation sites (tertiary alicyclic amines) is 1. The van der Waals surface area contributed by atoms with Crippen LogP contribution in [0.2, 0.25) is 10.0 Å². The molecule has 1 saturated heterocycles. The van der Waals surface area contributed by atoms with Crippen molar-refractivity contribution in [1.29, 1.82) is 5.26 Å². The number of ketones is 1. The van der Waals surface area contributed by atoms with E-state index in [0.29, 0.717) is 33.6 Å². The number of carbonyl (C=O) groups is 2. The molecule has 43 heavy (non-hydrogen) atoms. The van der Waals surface area contributed by atoms with E-state index in [1.165, 1.54) is 0 Å². The van der Waals surface area contributed by atoms with Crippen LogP contribution >= 0.6 is 23.2 Å². The Morgan fingerprint density at radius 3 is 2.40 bits per heavy atom. The summed E-state index contributed by atoms with van der Waals surface area (Å²) in [4.78, 5) is 30.2. The Labute approximate surface area is 263 Å². The van der Waals surface area contributed by atoms with Gasteiger partial charge in [0, 0.05) is 30.6 Å². The smallest absolute Gasteiger partial charge is 0.254 e. The van der Waals surface area contributed by atoms with E-state index in [1.807, 2.05) is 73.8 Å². The van der Waals surface area contributed by atoms with Crippen LogP contribution in [0.3, 0.4) is 0 Å². The topological polar surface area (TPSA) is 64.4 Å². The predicted octanol–water partition coefficient (Wildman–Crippen LogP) is 8.35. The third kappa shape index (κ3) is 7.11. The summed E-state index contributed by atoms with van der Waals surface area (Å²) in [6, 6.07) is 27.1. The lowest BCUT2D eigenvalue weighted by molar-refractivity contribution is 0.0783. The molecule has 220 valence electrons. The molecule has 0 saturated carbocycles. The van der Waals surface area contributed by atoms with Crippen molar-refractivity contribution in [2.24, 2.45) is 0 Å². The van der Waals surface area contributed by atoms with Crippen molar-refractivity contribution in [3.05, 3.63) is 117 Å². The molecule has 1 atom stereocenters. The Morgan fingerprint density at radius 2 is 1.67 bits per heavy atom. The number of carbonyl (C=O) groups excluding carboxylic acids is 2. The van der Waals surface area contributed by atoms with Crippen LogP contribution in [0.1, 0.15) is 75.4 Å². The molecule has 1 fully saturated rings. The number of hydrogen-bond acceptors (Lipinski definition) is 4. The van der Waals surface area contributed by atoms with Gasteiger partial charge in [0.05, 0.1) is 21.7 Å². The zero-order chi connectivity index (χ0) is 30.5. The van der Waals surface area contributed by atoms with Crippen molar-refractivity contribution in [1.82, 2.24) is 9.80 Å². The molecule has 1 aliphatic rings. The Balaban J connectivity index is 1.31. The highest BCUT2D eigenvalue weighted by Gasteiger charge is 2.26. The average molecular weight is 613 g/mol. The lowest BCUT2D eigenvalue weighted by Crippen LogP contribution is -2.36.